The smallest absolute Gasteiger partial charge is 0.323 e. The molecule has 0 aliphatic heterocycles. The fourth-order valence-corrected chi connectivity index (χ4v) is 1.91. The van der Waals surface area contributed by atoms with Gasteiger partial charge in [0.2, 0.25) is 0 Å². The molecule has 1 amide bonds. The summed E-state index contributed by atoms with van der Waals surface area (Å²) in [6, 6.07) is 4.69. The lowest BCUT2D eigenvalue weighted by atomic mass is 10.2. The second kappa shape index (κ2) is 5.89. The van der Waals surface area contributed by atoms with Crippen LogP contribution in [0, 0.1) is 0 Å². The first kappa shape index (κ1) is 13.8. The Hall–Kier alpha value is -1.26. The van der Waals surface area contributed by atoms with E-state index in [1.165, 1.54) is 12.1 Å². The Morgan fingerprint density at radius 1 is 1.29 bits per heavy atom. The normalized spacial score (nSPS) is 10.1. The van der Waals surface area contributed by atoms with Gasteiger partial charge in [-0.05, 0) is 19.1 Å². The van der Waals surface area contributed by atoms with Gasteiger partial charge in [-0.25, -0.2) is 0 Å². The summed E-state index contributed by atoms with van der Waals surface area (Å²) in [6.07, 6.45) is 0. The molecule has 1 aromatic rings. The first-order valence-corrected chi connectivity index (χ1v) is 5.68. The van der Waals surface area contributed by atoms with Crippen LogP contribution in [0.15, 0.2) is 18.2 Å². The third kappa shape index (κ3) is 3.35. The average Bonchev–Trinajstić information content (AvgIpc) is 2.25. The second-order valence-corrected chi connectivity index (χ2v) is 4.12. The van der Waals surface area contributed by atoms with Crippen molar-refractivity contribution in [3.63, 3.8) is 0 Å². The Balaban J connectivity index is 3.06. The van der Waals surface area contributed by atoms with E-state index < -0.39 is 11.9 Å². The van der Waals surface area contributed by atoms with Gasteiger partial charge in [0, 0.05) is 6.54 Å². The fourth-order valence-electron chi connectivity index (χ4n) is 1.35. The lowest BCUT2D eigenvalue weighted by molar-refractivity contribution is -0.137. The summed E-state index contributed by atoms with van der Waals surface area (Å²) in [7, 11) is 0. The van der Waals surface area contributed by atoms with Gasteiger partial charge in [0.25, 0.3) is 5.91 Å². The molecule has 92 valence electrons. The molecule has 0 unspecified atom stereocenters. The third-order valence-corrected chi connectivity index (χ3v) is 2.80. The minimum Gasteiger partial charge on any atom is -0.480 e. The van der Waals surface area contributed by atoms with E-state index in [0.717, 1.165) is 4.90 Å². The maximum absolute atomic E-state index is 12.0. The molecule has 17 heavy (non-hydrogen) atoms. The topological polar surface area (TPSA) is 57.6 Å². The number of carboxylic acids is 1. The average molecular weight is 276 g/mol. The van der Waals surface area contributed by atoms with Gasteiger partial charge >= 0.3 is 5.97 Å². The molecule has 0 atom stereocenters. The second-order valence-electron chi connectivity index (χ2n) is 3.31. The van der Waals surface area contributed by atoms with Gasteiger partial charge in [-0.1, -0.05) is 29.3 Å². The highest BCUT2D eigenvalue weighted by Gasteiger charge is 2.21. The summed E-state index contributed by atoms with van der Waals surface area (Å²) in [4.78, 5) is 23.8. The van der Waals surface area contributed by atoms with Gasteiger partial charge in [-0.2, -0.15) is 0 Å². The molecular weight excluding hydrogens is 265 g/mol. The number of hydrogen-bond acceptors (Lipinski definition) is 2. The number of carbonyl (C=O) groups excluding carboxylic acids is 1. The van der Waals surface area contributed by atoms with Crippen molar-refractivity contribution in [2.75, 3.05) is 13.1 Å². The number of carboxylic acid groups (broad SMARTS) is 1. The van der Waals surface area contributed by atoms with Gasteiger partial charge < -0.3 is 10.0 Å². The molecule has 0 aliphatic carbocycles. The van der Waals surface area contributed by atoms with Crippen LogP contribution in [-0.2, 0) is 4.79 Å². The third-order valence-electron chi connectivity index (χ3n) is 2.17. The van der Waals surface area contributed by atoms with Crippen LogP contribution < -0.4 is 0 Å². The first-order chi connectivity index (χ1) is 7.97. The van der Waals surface area contributed by atoms with Gasteiger partial charge in [-0.3, -0.25) is 9.59 Å². The number of likely N-dealkylation sites (N-methyl/N-ethyl adjacent to an activating group) is 1. The van der Waals surface area contributed by atoms with Crippen molar-refractivity contribution in [3.05, 3.63) is 33.8 Å². The lowest BCUT2D eigenvalue weighted by Crippen LogP contribution is -2.35. The number of carbonyl (C=O) groups is 2. The molecule has 0 radical (unpaired) electrons. The van der Waals surface area contributed by atoms with E-state index >= 15 is 0 Å². The summed E-state index contributed by atoms with van der Waals surface area (Å²) in [5.41, 5.74) is 0.138. The molecule has 0 bridgehead atoms. The predicted molar refractivity (Wildman–Crippen MR) is 65.7 cm³/mol. The number of nitrogens with zero attached hydrogens (tertiary/aromatic N) is 1. The van der Waals surface area contributed by atoms with Crippen molar-refractivity contribution in [1.29, 1.82) is 0 Å². The summed E-state index contributed by atoms with van der Waals surface area (Å²) >= 11 is 11.8. The van der Waals surface area contributed by atoms with Crippen LogP contribution in [0.3, 0.4) is 0 Å². The van der Waals surface area contributed by atoms with Crippen molar-refractivity contribution in [3.8, 4) is 0 Å². The molecule has 0 saturated heterocycles. The van der Waals surface area contributed by atoms with Crippen LogP contribution in [0.25, 0.3) is 0 Å². The quantitative estimate of drug-likeness (QED) is 0.919. The highest BCUT2D eigenvalue weighted by Crippen LogP contribution is 2.25. The van der Waals surface area contributed by atoms with Gasteiger partial charge in [0.15, 0.2) is 0 Å². The molecule has 4 nitrogen and oxygen atoms in total. The van der Waals surface area contributed by atoms with E-state index in [9.17, 15) is 9.59 Å². The summed E-state index contributed by atoms with van der Waals surface area (Å²) in [5.74, 6) is -1.56. The molecule has 6 heteroatoms. The van der Waals surface area contributed by atoms with Crippen molar-refractivity contribution < 1.29 is 14.7 Å². The highest BCUT2D eigenvalue weighted by molar-refractivity contribution is 6.39. The molecule has 0 aliphatic rings. The minimum atomic E-state index is -1.08. The molecule has 0 aromatic heterocycles. The number of hydrogen-bond donors (Lipinski definition) is 1. The number of rotatable bonds is 4. The van der Waals surface area contributed by atoms with Crippen LogP contribution in [0.4, 0.5) is 0 Å². The number of benzene rings is 1. The maximum atomic E-state index is 12.0. The zero-order chi connectivity index (χ0) is 13.0. The van der Waals surface area contributed by atoms with Crippen LogP contribution in [0.2, 0.25) is 10.0 Å². The molecule has 0 heterocycles. The highest BCUT2D eigenvalue weighted by atomic mass is 35.5. The van der Waals surface area contributed by atoms with E-state index in [1.54, 1.807) is 13.0 Å². The maximum Gasteiger partial charge on any atom is 0.323 e. The van der Waals surface area contributed by atoms with Gasteiger partial charge in [-0.15, -0.1) is 0 Å². The van der Waals surface area contributed by atoms with E-state index in [0.29, 0.717) is 0 Å². The first-order valence-electron chi connectivity index (χ1n) is 4.92. The zero-order valence-corrected chi connectivity index (χ0v) is 10.6. The number of amides is 1. The lowest BCUT2D eigenvalue weighted by Gasteiger charge is -2.19. The van der Waals surface area contributed by atoms with E-state index in [4.69, 9.17) is 28.3 Å². The number of aliphatic carboxylic acids is 1. The molecule has 0 fully saturated rings. The standard InChI is InChI=1S/C11H11Cl2NO3/c1-2-14(6-9(15)16)11(17)10-7(12)4-3-5-8(10)13/h3-5H,2,6H2,1H3,(H,15,16). The molecule has 1 aromatic carbocycles. The molecular formula is C11H11Cl2NO3. The summed E-state index contributed by atoms with van der Waals surface area (Å²) < 4.78 is 0. The summed E-state index contributed by atoms with van der Waals surface area (Å²) in [6.45, 7) is 1.58. The van der Waals surface area contributed by atoms with E-state index in [-0.39, 0.29) is 28.7 Å². The van der Waals surface area contributed by atoms with Crippen molar-refractivity contribution in [2.45, 2.75) is 6.92 Å². The monoisotopic (exact) mass is 275 g/mol. The van der Waals surface area contributed by atoms with Crippen molar-refractivity contribution >= 4 is 35.1 Å². The molecule has 0 saturated carbocycles. The molecule has 0 spiro atoms. The van der Waals surface area contributed by atoms with Crippen LogP contribution >= 0.6 is 23.2 Å². The molecule has 1 rings (SSSR count). The van der Waals surface area contributed by atoms with Gasteiger partial charge in [0.05, 0.1) is 15.6 Å². The Bertz CT molecular complexity index is 428. The SMILES string of the molecule is CCN(CC(=O)O)C(=O)c1c(Cl)cccc1Cl. The van der Waals surface area contributed by atoms with E-state index in [1.807, 2.05) is 0 Å². The van der Waals surface area contributed by atoms with Crippen molar-refractivity contribution in [1.82, 2.24) is 4.90 Å². The predicted octanol–water partition coefficient (Wildman–Crippen LogP) is 2.54. The Morgan fingerprint density at radius 3 is 2.24 bits per heavy atom. The molecule has 1 N–H and O–H groups in total. The van der Waals surface area contributed by atoms with Crippen LogP contribution in [0.5, 0.6) is 0 Å². The van der Waals surface area contributed by atoms with Crippen molar-refractivity contribution in [2.24, 2.45) is 0 Å². The number of halogens is 2. The Kier molecular flexibility index (Phi) is 4.78. The Morgan fingerprint density at radius 2 is 1.82 bits per heavy atom. The zero-order valence-electron chi connectivity index (χ0n) is 9.11. The van der Waals surface area contributed by atoms with E-state index in [2.05, 4.69) is 0 Å². The largest absolute Gasteiger partial charge is 0.480 e. The Labute approximate surface area is 109 Å². The summed E-state index contributed by atoms with van der Waals surface area (Å²) in [5, 5.41) is 9.12. The minimum absolute atomic E-state index is 0.138. The van der Waals surface area contributed by atoms with Gasteiger partial charge in [0.1, 0.15) is 6.54 Å². The van der Waals surface area contributed by atoms with Crippen LogP contribution in [-0.4, -0.2) is 35.0 Å². The van der Waals surface area contributed by atoms with Crippen LogP contribution in [0.1, 0.15) is 17.3 Å². The fraction of sp³-hybridized carbons (Fsp3) is 0.273.